The molecule has 1 fully saturated rings. The highest BCUT2D eigenvalue weighted by Crippen LogP contribution is 2.42. The summed E-state index contributed by atoms with van der Waals surface area (Å²) in [6.45, 7) is 7.58. The van der Waals surface area contributed by atoms with E-state index in [1.165, 1.54) is 0 Å². The van der Waals surface area contributed by atoms with Crippen molar-refractivity contribution >= 4 is 16.5 Å². The molecule has 1 saturated heterocycles. The molecule has 2 heterocycles. The van der Waals surface area contributed by atoms with Gasteiger partial charge in [-0.3, -0.25) is 0 Å². The molecule has 7 heteroatoms. The predicted molar refractivity (Wildman–Crippen MR) is 68.8 cm³/mol. The SMILES string of the molecule is CC(C)(C)c1sc(N2CCOCC2)nc1C(F)(F)F. The lowest BCUT2D eigenvalue weighted by Crippen LogP contribution is -2.36. The lowest BCUT2D eigenvalue weighted by Gasteiger charge is -2.26. The summed E-state index contributed by atoms with van der Waals surface area (Å²) in [6.07, 6.45) is -4.40. The number of aromatic nitrogens is 1. The Labute approximate surface area is 114 Å². The van der Waals surface area contributed by atoms with Gasteiger partial charge < -0.3 is 9.64 Å². The molecule has 0 N–H and O–H groups in total. The number of thiazole rings is 1. The number of nitrogens with zero attached hydrogens (tertiary/aromatic N) is 2. The molecule has 0 unspecified atom stereocenters. The zero-order chi connectivity index (χ0) is 14.3. The van der Waals surface area contributed by atoms with Crippen LogP contribution in [0.3, 0.4) is 0 Å². The number of rotatable bonds is 1. The predicted octanol–water partition coefficient (Wildman–Crippen LogP) is 3.30. The number of hydrogen-bond acceptors (Lipinski definition) is 4. The van der Waals surface area contributed by atoms with Crippen LogP contribution >= 0.6 is 11.3 Å². The molecule has 0 amide bonds. The molecule has 0 spiro atoms. The van der Waals surface area contributed by atoms with Gasteiger partial charge in [0.05, 0.1) is 13.2 Å². The fraction of sp³-hybridized carbons (Fsp3) is 0.750. The number of hydrogen-bond donors (Lipinski definition) is 0. The zero-order valence-corrected chi connectivity index (χ0v) is 12.0. The number of halogens is 3. The van der Waals surface area contributed by atoms with Crippen LogP contribution < -0.4 is 4.90 Å². The molecule has 1 aliphatic rings. The molecule has 3 nitrogen and oxygen atoms in total. The van der Waals surface area contributed by atoms with Crippen LogP contribution in [0.5, 0.6) is 0 Å². The second-order valence-corrected chi connectivity index (χ2v) is 6.50. The third kappa shape index (κ3) is 3.20. The summed E-state index contributed by atoms with van der Waals surface area (Å²) < 4.78 is 44.4. The molecule has 19 heavy (non-hydrogen) atoms. The van der Waals surface area contributed by atoms with Crippen molar-refractivity contribution < 1.29 is 17.9 Å². The highest BCUT2D eigenvalue weighted by molar-refractivity contribution is 7.15. The van der Waals surface area contributed by atoms with Gasteiger partial charge in [-0.15, -0.1) is 11.3 Å². The largest absolute Gasteiger partial charge is 0.434 e. The van der Waals surface area contributed by atoms with Gasteiger partial charge in [0.25, 0.3) is 0 Å². The summed E-state index contributed by atoms with van der Waals surface area (Å²) in [5.74, 6) is 0. The van der Waals surface area contributed by atoms with E-state index in [2.05, 4.69) is 4.98 Å². The first-order valence-corrected chi connectivity index (χ1v) is 6.92. The Kier molecular flexibility index (Phi) is 3.79. The van der Waals surface area contributed by atoms with E-state index in [1.54, 1.807) is 20.8 Å². The maximum absolute atomic E-state index is 13.1. The summed E-state index contributed by atoms with van der Waals surface area (Å²) in [5, 5.41) is 0.445. The molecule has 1 aromatic heterocycles. The molecular weight excluding hydrogens is 277 g/mol. The van der Waals surface area contributed by atoms with Gasteiger partial charge in [-0.1, -0.05) is 20.8 Å². The second kappa shape index (κ2) is 4.94. The molecular formula is C12H17F3N2OS. The Morgan fingerprint density at radius 3 is 2.16 bits per heavy atom. The number of anilines is 1. The lowest BCUT2D eigenvalue weighted by atomic mass is 9.93. The smallest absolute Gasteiger partial charge is 0.378 e. The molecule has 0 atom stereocenters. The van der Waals surface area contributed by atoms with E-state index in [-0.39, 0.29) is 0 Å². The van der Waals surface area contributed by atoms with E-state index >= 15 is 0 Å². The van der Waals surface area contributed by atoms with Crippen molar-refractivity contribution in [2.24, 2.45) is 0 Å². The summed E-state index contributed by atoms with van der Waals surface area (Å²) in [7, 11) is 0. The maximum Gasteiger partial charge on any atom is 0.434 e. The first kappa shape index (κ1) is 14.6. The van der Waals surface area contributed by atoms with Gasteiger partial charge in [-0.05, 0) is 5.41 Å². The monoisotopic (exact) mass is 294 g/mol. The van der Waals surface area contributed by atoms with E-state index in [1.807, 2.05) is 4.90 Å². The van der Waals surface area contributed by atoms with Gasteiger partial charge in [0.2, 0.25) is 0 Å². The number of morpholine rings is 1. The third-order valence-corrected chi connectivity index (χ3v) is 4.39. The molecule has 1 aromatic rings. The molecule has 0 aliphatic carbocycles. The van der Waals surface area contributed by atoms with Crippen LogP contribution in [0.15, 0.2) is 0 Å². The van der Waals surface area contributed by atoms with E-state index < -0.39 is 17.3 Å². The minimum absolute atomic E-state index is 0.293. The summed E-state index contributed by atoms with van der Waals surface area (Å²) in [6, 6.07) is 0. The minimum Gasteiger partial charge on any atom is -0.378 e. The average molecular weight is 294 g/mol. The standard InChI is InChI=1S/C12H17F3N2OS/c1-11(2,3)9-8(12(13,14)15)16-10(19-9)17-4-6-18-7-5-17/h4-7H2,1-3H3. The fourth-order valence-electron chi connectivity index (χ4n) is 1.90. The lowest BCUT2D eigenvalue weighted by molar-refractivity contribution is -0.141. The molecule has 0 radical (unpaired) electrons. The summed E-state index contributed by atoms with van der Waals surface area (Å²) >= 11 is 1.14. The van der Waals surface area contributed by atoms with Gasteiger partial charge >= 0.3 is 6.18 Å². The Balaban J connectivity index is 2.39. The summed E-state index contributed by atoms with van der Waals surface area (Å²) in [5.41, 5.74) is -1.31. The zero-order valence-electron chi connectivity index (χ0n) is 11.2. The normalized spacial score (nSPS) is 17.9. The Morgan fingerprint density at radius 1 is 1.16 bits per heavy atom. The van der Waals surface area contributed by atoms with Crippen molar-refractivity contribution in [2.45, 2.75) is 32.4 Å². The topological polar surface area (TPSA) is 25.4 Å². The number of alkyl halides is 3. The highest BCUT2D eigenvalue weighted by atomic mass is 32.1. The second-order valence-electron chi connectivity index (χ2n) is 5.52. The van der Waals surface area contributed by atoms with E-state index in [0.29, 0.717) is 36.3 Å². The van der Waals surface area contributed by atoms with Crippen molar-refractivity contribution in [3.05, 3.63) is 10.6 Å². The van der Waals surface area contributed by atoms with Gasteiger partial charge in [-0.2, -0.15) is 13.2 Å². The van der Waals surface area contributed by atoms with Crippen molar-refractivity contribution in [2.75, 3.05) is 31.2 Å². The van der Waals surface area contributed by atoms with E-state index in [9.17, 15) is 13.2 Å². The van der Waals surface area contributed by atoms with Crippen LogP contribution in [-0.2, 0) is 16.3 Å². The number of ether oxygens (including phenoxy) is 1. The van der Waals surface area contributed by atoms with Crippen LogP contribution in [0, 0.1) is 0 Å². The molecule has 108 valence electrons. The molecule has 0 bridgehead atoms. The highest BCUT2D eigenvalue weighted by Gasteiger charge is 2.41. The molecule has 2 rings (SSSR count). The Bertz CT molecular complexity index is 413. The van der Waals surface area contributed by atoms with Gasteiger partial charge in [-0.25, -0.2) is 4.98 Å². The van der Waals surface area contributed by atoms with E-state index in [4.69, 9.17) is 4.74 Å². The van der Waals surface area contributed by atoms with Gasteiger partial charge in [0, 0.05) is 18.0 Å². The van der Waals surface area contributed by atoms with Crippen molar-refractivity contribution in [1.82, 2.24) is 4.98 Å². The minimum atomic E-state index is -4.40. The van der Waals surface area contributed by atoms with Crippen molar-refractivity contribution in [3.63, 3.8) is 0 Å². The Hall–Kier alpha value is -0.820. The van der Waals surface area contributed by atoms with E-state index in [0.717, 1.165) is 11.3 Å². The first-order chi connectivity index (χ1) is 8.69. The van der Waals surface area contributed by atoms with Crippen LogP contribution in [0.1, 0.15) is 31.3 Å². The van der Waals surface area contributed by atoms with Crippen LogP contribution in [0.4, 0.5) is 18.3 Å². The molecule has 1 aliphatic heterocycles. The first-order valence-electron chi connectivity index (χ1n) is 6.11. The van der Waals surface area contributed by atoms with Crippen LogP contribution in [0.2, 0.25) is 0 Å². The van der Waals surface area contributed by atoms with Crippen molar-refractivity contribution in [3.8, 4) is 0 Å². The third-order valence-electron chi connectivity index (χ3n) is 2.85. The van der Waals surface area contributed by atoms with Crippen LogP contribution in [0.25, 0.3) is 0 Å². The quantitative estimate of drug-likeness (QED) is 0.794. The maximum atomic E-state index is 13.1. The fourth-order valence-corrected chi connectivity index (χ4v) is 3.09. The molecule has 0 saturated carbocycles. The van der Waals surface area contributed by atoms with Gasteiger partial charge in [0.15, 0.2) is 10.8 Å². The molecule has 0 aromatic carbocycles. The Morgan fingerprint density at radius 2 is 1.74 bits per heavy atom. The van der Waals surface area contributed by atoms with Crippen LogP contribution in [-0.4, -0.2) is 31.3 Å². The average Bonchev–Trinajstić information content (AvgIpc) is 2.74. The summed E-state index contributed by atoms with van der Waals surface area (Å²) in [4.78, 5) is 5.99. The van der Waals surface area contributed by atoms with Gasteiger partial charge in [0.1, 0.15) is 0 Å². The van der Waals surface area contributed by atoms with Crippen molar-refractivity contribution in [1.29, 1.82) is 0 Å².